The Kier molecular flexibility index (Phi) is 2.31. The van der Waals surface area contributed by atoms with Crippen LogP contribution < -0.4 is 0 Å². The number of halogens is 3. The van der Waals surface area contributed by atoms with E-state index in [9.17, 15) is 18.0 Å². The van der Waals surface area contributed by atoms with Gasteiger partial charge >= 0.3 is 0 Å². The molecule has 0 aliphatic heterocycles. The first-order valence-corrected chi connectivity index (χ1v) is 3.01. The van der Waals surface area contributed by atoms with Crippen molar-refractivity contribution in [2.75, 3.05) is 0 Å². The van der Waals surface area contributed by atoms with Gasteiger partial charge in [0.25, 0.3) is 0 Å². The zero-order chi connectivity index (χ0) is 9.14. The Labute approximate surface area is 66.1 Å². The molecular formula is C8H3F3O. The molecule has 0 spiro atoms. The van der Waals surface area contributed by atoms with Crippen molar-refractivity contribution >= 4 is 12.0 Å². The minimum absolute atomic E-state index is 0.508. The monoisotopic (exact) mass is 172 g/mol. The third-order valence-corrected chi connectivity index (χ3v) is 1.28. The van der Waals surface area contributed by atoms with E-state index in [0.717, 1.165) is 6.07 Å². The van der Waals surface area contributed by atoms with E-state index in [1.807, 2.05) is 0 Å². The second-order valence-corrected chi connectivity index (χ2v) is 2.02. The Balaban J connectivity index is 3.42. The highest BCUT2D eigenvalue weighted by molar-refractivity contribution is 5.75. The molecule has 62 valence electrons. The SMILES string of the molecule is O=C=Cc1c(F)ccc(F)c1F. The number of carbonyl (C=O) groups excluding carboxylic acids is 1. The highest BCUT2D eigenvalue weighted by Crippen LogP contribution is 2.15. The van der Waals surface area contributed by atoms with Gasteiger partial charge in [-0.2, -0.15) is 0 Å². The first-order chi connectivity index (χ1) is 5.66. The van der Waals surface area contributed by atoms with Gasteiger partial charge in [-0.25, -0.2) is 18.0 Å². The van der Waals surface area contributed by atoms with Gasteiger partial charge in [0, 0.05) is 6.08 Å². The fourth-order valence-corrected chi connectivity index (χ4v) is 0.734. The molecule has 0 atom stereocenters. The molecule has 1 rings (SSSR count). The van der Waals surface area contributed by atoms with Crippen LogP contribution in [0.25, 0.3) is 6.08 Å². The highest BCUT2D eigenvalue weighted by Gasteiger charge is 2.10. The quantitative estimate of drug-likeness (QED) is 0.467. The van der Waals surface area contributed by atoms with E-state index >= 15 is 0 Å². The van der Waals surface area contributed by atoms with Crippen molar-refractivity contribution in [2.24, 2.45) is 0 Å². The minimum Gasteiger partial charge on any atom is -0.233 e. The van der Waals surface area contributed by atoms with Crippen LogP contribution in [-0.4, -0.2) is 5.94 Å². The molecule has 0 aliphatic carbocycles. The van der Waals surface area contributed by atoms with Gasteiger partial charge in [-0.3, -0.25) is 0 Å². The Bertz CT molecular complexity index is 354. The second kappa shape index (κ2) is 3.24. The zero-order valence-electron chi connectivity index (χ0n) is 5.77. The lowest BCUT2D eigenvalue weighted by atomic mass is 10.2. The van der Waals surface area contributed by atoms with Crippen molar-refractivity contribution in [3.05, 3.63) is 35.1 Å². The predicted octanol–water partition coefficient (Wildman–Crippen LogP) is 1.95. The minimum atomic E-state index is -1.38. The van der Waals surface area contributed by atoms with Crippen LogP contribution in [0.4, 0.5) is 13.2 Å². The average Bonchev–Trinajstić information content (AvgIpc) is 2.06. The van der Waals surface area contributed by atoms with Gasteiger partial charge in [-0.05, 0) is 12.1 Å². The van der Waals surface area contributed by atoms with Gasteiger partial charge in [0.15, 0.2) is 11.6 Å². The van der Waals surface area contributed by atoms with Gasteiger partial charge < -0.3 is 0 Å². The van der Waals surface area contributed by atoms with Crippen LogP contribution in [0.2, 0.25) is 0 Å². The van der Waals surface area contributed by atoms with E-state index in [-0.39, 0.29) is 0 Å². The number of hydrogen-bond donors (Lipinski definition) is 0. The normalized spacial score (nSPS) is 9.25. The molecule has 0 aliphatic rings. The standard InChI is InChI=1S/C8H3F3O/c9-6-1-2-7(10)8(11)5(6)3-4-12/h1-3H. The molecule has 1 nitrogen and oxygen atoms in total. The molecule has 4 heteroatoms. The maximum atomic E-state index is 12.6. The third-order valence-electron chi connectivity index (χ3n) is 1.28. The second-order valence-electron chi connectivity index (χ2n) is 2.02. The van der Waals surface area contributed by atoms with E-state index in [1.165, 1.54) is 5.94 Å². The van der Waals surface area contributed by atoms with Crippen molar-refractivity contribution in [1.29, 1.82) is 0 Å². The fraction of sp³-hybridized carbons (Fsp3) is 0. The van der Waals surface area contributed by atoms with Crippen LogP contribution in [0.3, 0.4) is 0 Å². The molecule has 0 saturated carbocycles. The summed E-state index contributed by atoms with van der Waals surface area (Å²) >= 11 is 0. The van der Waals surface area contributed by atoms with Crippen LogP contribution in [-0.2, 0) is 4.79 Å². The summed E-state index contributed by atoms with van der Waals surface area (Å²) < 4.78 is 37.6. The molecule has 1 aromatic rings. The van der Waals surface area contributed by atoms with Gasteiger partial charge in [0.1, 0.15) is 11.8 Å². The summed E-state index contributed by atoms with van der Waals surface area (Å²) in [4.78, 5) is 9.75. The van der Waals surface area contributed by atoms with Crippen molar-refractivity contribution in [2.45, 2.75) is 0 Å². The third kappa shape index (κ3) is 1.38. The summed E-state index contributed by atoms with van der Waals surface area (Å²) in [6.45, 7) is 0. The van der Waals surface area contributed by atoms with Crippen LogP contribution in [0.5, 0.6) is 0 Å². The molecule has 0 amide bonds. The smallest absolute Gasteiger partial charge is 0.169 e. The first-order valence-electron chi connectivity index (χ1n) is 3.01. The summed E-state index contributed by atoms with van der Waals surface area (Å²) in [6, 6.07) is 1.38. The van der Waals surface area contributed by atoms with E-state index in [2.05, 4.69) is 0 Å². The molecule has 0 fully saturated rings. The summed E-state index contributed by atoms with van der Waals surface area (Å²) in [7, 11) is 0. The molecule has 0 N–H and O–H groups in total. The van der Waals surface area contributed by atoms with Crippen molar-refractivity contribution in [3.8, 4) is 0 Å². The van der Waals surface area contributed by atoms with E-state index < -0.39 is 23.0 Å². The lowest BCUT2D eigenvalue weighted by Gasteiger charge is -1.97. The first kappa shape index (κ1) is 8.56. The molecule has 0 bridgehead atoms. The van der Waals surface area contributed by atoms with Crippen LogP contribution in [0.1, 0.15) is 5.56 Å². The maximum absolute atomic E-state index is 12.6. The lowest BCUT2D eigenvalue weighted by Crippen LogP contribution is -1.92. The van der Waals surface area contributed by atoms with E-state index in [4.69, 9.17) is 0 Å². The summed E-state index contributed by atoms with van der Waals surface area (Å²) in [6.07, 6.45) is 0.508. The van der Waals surface area contributed by atoms with E-state index in [0.29, 0.717) is 12.1 Å². The Morgan fingerprint density at radius 3 is 2.33 bits per heavy atom. The molecule has 1 aromatic carbocycles. The highest BCUT2D eigenvalue weighted by atomic mass is 19.2. The predicted molar refractivity (Wildman–Crippen MR) is 36.5 cm³/mol. The number of benzene rings is 1. The van der Waals surface area contributed by atoms with Gasteiger partial charge in [0.05, 0.1) is 5.56 Å². The van der Waals surface area contributed by atoms with Crippen molar-refractivity contribution in [1.82, 2.24) is 0 Å². The van der Waals surface area contributed by atoms with Crippen LogP contribution >= 0.6 is 0 Å². The molecular weight excluding hydrogens is 169 g/mol. The van der Waals surface area contributed by atoms with Gasteiger partial charge in [-0.15, -0.1) is 0 Å². The topological polar surface area (TPSA) is 17.1 Å². The summed E-state index contributed by atoms with van der Waals surface area (Å²) in [5, 5.41) is 0. The van der Waals surface area contributed by atoms with Crippen LogP contribution in [0.15, 0.2) is 12.1 Å². The Morgan fingerprint density at radius 1 is 1.17 bits per heavy atom. The summed E-state index contributed by atoms with van der Waals surface area (Å²) in [5.41, 5.74) is -0.704. The van der Waals surface area contributed by atoms with E-state index in [1.54, 1.807) is 0 Å². The molecule has 0 aromatic heterocycles. The number of rotatable bonds is 1. The zero-order valence-corrected chi connectivity index (χ0v) is 5.77. The maximum Gasteiger partial charge on any atom is 0.169 e. The fourth-order valence-electron chi connectivity index (χ4n) is 0.734. The summed E-state index contributed by atoms with van der Waals surface area (Å²) in [5.74, 6) is -2.39. The molecule has 0 heterocycles. The Hall–Kier alpha value is -1.54. The van der Waals surface area contributed by atoms with Gasteiger partial charge in [-0.1, -0.05) is 0 Å². The van der Waals surface area contributed by atoms with Gasteiger partial charge in [0.2, 0.25) is 0 Å². The lowest BCUT2D eigenvalue weighted by molar-refractivity contribution is 0.492. The molecule has 12 heavy (non-hydrogen) atoms. The largest absolute Gasteiger partial charge is 0.233 e. The molecule has 0 unspecified atom stereocenters. The van der Waals surface area contributed by atoms with Crippen molar-refractivity contribution < 1.29 is 18.0 Å². The molecule has 0 radical (unpaired) electrons. The van der Waals surface area contributed by atoms with Crippen LogP contribution in [0, 0.1) is 17.5 Å². The van der Waals surface area contributed by atoms with Crippen molar-refractivity contribution in [3.63, 3.8) is 0 Å². The Morgan fingerprint density at radius 2 is 1.75 bits per heavy atom. The number of hydrogen-bond acceptors (Lipinski definition) is 1. The molecule has 0 saturated heterocycles. The average molecular weight is 172 g/mol.